The van der Waals surface area contributed by atoms with E-state index in [2.05, 4.69) is 42.5 Å². The Hall–Kier alpha value is -5.80. The van der Waals surface area contributed by atoms with Crippen LogP contribution in [0.1, 0.15) is 78.5 Å². The van der Waals surface area contributed by atoms with E-state index in [1.165, 1.54) is 17.6 Å². The fourth-order valence-corrected chi connectivity index (χ4v) is 8.46. The lowest BCUT2D eigenvalue weighted by Gasteiger charge is -2.36. The van der Waals surface area contributed by atoms with Crippen molar-refractivity contribution in [1.82, 2.24) is 36.1 Å². The lowest BCUT2D eigenvalue weighted by molar-refractivity contribution is -0.169. The monoisotopic (exact) mass is 911 g/mol. The van der Waals surface area contributed by atoms with Gasteiger partial charge in [-0.3, -0.25) is 33.6 Å². The van der Waals surface area contributed by atoms with Crippen LogP contribution in [0.3, 0.4) is 0 Å². The van der Waals surface area contributed by atoms with Crippen LogP contribution >= 0.6 is 15.9 Å². The molecule has 2 aromatic heterocycles. The van der Waals surface area contributed by atoms with Crippen molar-refractivity contribution in [2.45, 2.75) is 89.3 Å². The molecule has 1 fully saturated rings. The topological polar surface area (TPSA) is 273 Å². The second-order valence-corrected chi connectivity index (χ2v) is 16.2. The largest absolute Gasteiger partial charge is 0.481 e. The van der Waals surface area contributed by atoms with Crippen molar-refractivity contribution in [2.75, 3.05) is 25.2 Å². The lowest BCUT2D eigenvalue weighted by Crippen LogP contribution is -2.51. The average Bonchev–Trinajstić information content (AvgIpc) is 3.57. The summed E-state index contributed by atoms with van der Waals surface area (Å²) in [6.07, 6.45) is 0.558. The van der Waals surface area contributed by atoms with E-state index in [1.807, 2.05) is 0 Å². The van der Waals surface area contributed by atoms with Crippen LogP contribution in [0.2, 0.25) is 0 Å². The van der Waals surface area contributed by atoms with Gasteiger partial charge in [0.2, 0.25) is 29.5 Å². The molecule has 7 N–H and O–H groups in total. The van der Waals surface area contributed by atoms with Gasteiger partial charge in [-0.15, -0.1) is 0 Å². The number of carboxylic acids is 1. The number of rotatable bonds is 15. The second kappa shape index (κ2) is 17.3. The molecule has 0 bridgehead atoms. The van der Waals surface area contributed by atoms with Gasteiger partial charge in [0, 0.05) is 34.9 Å². The van der Waals surface area contributed by atoms with Crippen molar-refractivity contribution in [3.63, 3.8) is 0 Å². The number of amides is 5. The number of aliphatic hydroxyl groups is 1. The highest BCUT2D eigenvalue weighted by Crippen LogP contribution is 2.46. The van der Waals surface area contributed by atoms with Crippen LogP contribution in [-0.2, 0) is 68.2 Å². The van der Waals surface area contributed by atoms with Gasteiger partial charge in [0.1, 0.15) is 25.2 Å². The highest BCUT2D eigenvalue weighted by atomic mass is 79.9. The normalized spacial score (nSPS) is 21.1. The maximum atomic E-state index is 15.3. The Balaban J connectivity index is 0.959. The zero-order chi connectivity index (χ0) is 43.9. The van der Waals surface area contributed by atoms with Gasteiger partial charge in [0.25, 0.3) is 5.56 Å². The molecule has 1 aromatic carbocycles. The fraction of sp³-hybridized carbons (Fsp3) is 0.475. The van der Waals surface area contributed by atoms with Crippen LogP contribution < -0.4 is 32.1 Å². The minimum atomic E-state index is -2.07. The van der Waals surface area contributed by atoms with Crippen LogP contribution in [0.15, 0.2) is 16.9 Å². The molecule has 21 heteroatoms. The molecule has 0 spiro atoms. The van der Waals surface area contributed by atoms with Crippen LogP contribution in [0.25, 0.3) is 22.3 Å². The Kier molecular flexibility index (Phi) is 12.3. The van der Waals surface area contributed by atoms with Crippen LogP contribution in [0.5, 0.6) is 0 Å². The van der Waals surface area contributed by atoms with Crippen LogP contribution in [-0.4, -0.2) is 98.5 Å². The Bertz CT molecular complexity index is 2450. The molecule has 2 aliphatic carbocycles. The molecule has 5 amide bonds. The third kappa shape index (κ3) is 8.58. The van der Waals surface area contributed by atoms with Gasteiger partial charge in [-0.05, 0) is 68.7 Å². The second-order valence-electron chi connectivity index (χ2n) is 15.7. The van der Waals surface area contributed by atoms with E-state index >= 15 is 4.39 Å². The Labute approximate surface area is 354 Å². The Morgan fingerprint density at radius 3 is 2.51 bits per heavy atom. The van der Waals surface area contributed by atoms with E-state index in [9.17, 15) is 43.5 Å². The molecule has 3 atom stereocenters. The van der Waals surface area contributed by atoms with Crippen molar-refractivity contribution in [3.05, 3.63) is 61.7 Å². The third-order valence-corrected chi connectivity index (χ3v) is 12.2. The summed E-state index contributed by atoms with van der Waals surface area (Å²) < 4.78 is 27.6. The number of cyclic esters (lactones) is 1. The number of carbonyl (C=O) groups is 7. The fourth-order valence-electron chi connectivity index (χ4n) is 8.26. The third-order valence-electron chi connectivity index (χ3n) is 11.7. The number of aliphatic carboxylic acids is 1. The number of pyridine rings is 2. The summed E-state index contributed by atoms with van der Waals surface area (Å²) in [4.78, 5) is 105. The van der Waals surface area contributed by atoms with Crippen molar-refractivity contribution >= 4 is 68.3 Å². The summed E-state index contributed by atoms with van der Waals surface area (Å²) in [7, 11) is 0. The van der Waals surface area contributed by atoms with Gasteiger partial charge >= 0.3 is 11.9 Å². The number of esters is 1. The maximum absolute atomic E-state index is 15.3. The molecule has 324 valence electrons. The molecule has 0 unspecified atom stereocenters. The number of benzene rings is 1. The molecule has 0 radical (unpaired) electrons. The molecular weight excluding hydrogens is 869 g/mol. The number of nitrogens with one attached hydrogen (secondary N) is 5. The van der Waals surface area contributed by atoms with Gasteiger partial charge in [-0.1, -0.05) is 15.9 Å². The molecular formula is C40H43BrFN7O12. The highest BCUT2D eigenvalue weighted by molar-refractivity contribution is 9.09. The molecule has 19 nitrogen and oxygen atoms in total. The predicted molar refractivity (Wildman–Crippen MR) is 213 cm³/mol. The summed E-state index contributed by atoms with van der Waals surface area (Å²) in [6, 6.07) is 1.11. The maximum Gasteiger partial charge on any atom is 0.342 e. The molecule has 61 heavy (non-hydrogen) atoms. The van der Waals surface area contributed by atoms with Gasteiger partial charge < -0.3 is 50.8 Å². The first-order chi connectivity index (χ1) is 29.0. The number of hydrogen-bond donors (Lipinski definition) is 7. The first-order valence-corrected chi connectivity index (χ1v) is 20.7. The molecule has 4 aliphatic rings. The van der Waals surface area contributed by atoms with Crippen LogP contribution in [0.4, 0.5) is 4.39 Å². The number of nitrogens with zero attached hydrogens (tertiary/aromatic N) is 2. The minimum Gasteiger partial charge on any atom is -0.481 e. The summed E-state index contributed by atoms with van der Waals surface area (Å²) >= 11 is 2.94. The number of carbonyl (C=O) groups excluding carboxylic acids is 6. The first kappa shape index (κ1) is 43.3. The molecule has 4 heterocycles. The number of ether oxygens (including phenoxy) is 2. The van der Waals surface area contributed by atoms with E-state index in [-0.39, 0.29) is 54.8 Å². The summed E-state index contributed by atoms with van der Waals surface area (Å²) in [5.74, 6) is -5.80. The average molecular weight is 913 g/mol. The van der Waals surface area contributed by atoms with Gasteiger partial charge in [-0.25, -0.2) is 14.2 Å². The first-order valence-electron chi connectivity index (χ1n) is 19.6. The van der Waals surface area contributed by atoms with Gasteiger partial charge in [-0.2, -0.15) is 0 Å². The highest BCUT2D eigenvalue weighted by Gasteiger charge is 2.44. The standard InChI is InChI=1S/C40H43BrFN7O12/c1-17-20-3-4-25(34-21-14-49-28(35(21)47-27(33(20)34)10-24(17)42)9-23-22(38(49)57)15-60-39(58)40(23,2)59)48-36(55)18-7-19(8-18)61-16-45-30(51)12-44-37(56)26(5-6-32(53)54)46-31(52)13-43-29(50)11-41/h9-10,18-19,25-26,59H,3-8,11-16H2,1-2H3,(H,43,50)(H,44,56)(H,45,51)(H,46,52)(H,48,55)(H,53,54)/t18-,19+,25-,26-,40-/m0/s1. The number of alkyl halides is 1. The molecule has 7 rings (SSSR count). The molecule has 0 saturated heterocycles. The van der Waals surface area contributed by atoms with E-state index in [0.717, 1.165) is 11.1 Å². The summed E-state index contributed by atoms with van der Waals surface area (Å²) in [6.45, 7) is 1.59. The Morgan fingerprint density at radius 1 is 1.05 bits per heavy atom. The quantitative estimate of drug-likeness (QED) is 0.0474. The van der Waals surface area contributed by atoms with Crippen molar-refractivity contribution in [2.24, 2.45) is 5.92 Å². The Morgan fingerprint density at radius 2 is 1.79 bits per heavy atom. The molecule has 2 aliphatic heterocycles. The smallest absolute Gasteiger partial charge is 0.342 e. The molecule has 3 aromatic rings. The number of aromatic nitrogens is 2. The summed E-state index contributed by atoms with van der Waals surface area (Å²) in [5, 5.41) is 33.4. The van der Waals surface area contributed by atoms with Gasteiger partial charge in [0.05, 0.1) is 59.6 Å². The number of hydrogen-bond acceptors (Lipinski definition) is 12. The van der Waals surface area contributed by atoms with Crippen molar-refractivity contribution in [1.29, 1.82) is 0 Å². The lowest BCUT2D eigenvalue weighted by atomic mass is 9.79. The zero-order valence-corrected chi connectivity index (χ0v) is 34.7. The number of halogens is 2. The summed E-state index contributed by atoms with van der Waals surface area (Å²) in [5.41, 5.74) is 1.50. The van der Waals surface area contributed by atoms with E-state index in [1.54, 1.807) is 13.0 Å². The number of fused-ring (bicyclic) bond motifs is 5. The van der Waals surface area contributed by atoms with E-state index in [4.69, 9.17) is 19.6 Å². The molecule has 1 saturated carbocycles. The van der Waals surface area contributed by atoms with E-state index in [0.29, 0.717) is 59.1 Å². The zero-order valence-electron chi connectivity index (χ0n) is 33.1. The number of carboxylic acid groups (broad SMARTS) is 1. The van der Waals surface area contributed by atoms with Gasteiger partial charge in [0.15, 0.2) is 5.60 Å². The number of aryl methyl sites for hydroxylation is 1. The van der Waals surface area contributed by atoms with Crippen molar-refractivity contribution in [3.8, 4) is 11.4 Å². The van der Waals surface area contributed by atoms with E-state index < -0.39 is 90.1 Å². The van der Waals surface area contributed by atoms with Crippen LogP contribution in [0, 0.1) is 18.7 Å². The SMILES string of the molecule is Cc1c(F)cc2nc3c(c4c2c1CC[C@@H]4NC(=O)[C@H]1C[C@@H](OCNC(=O)CNC(=O)[C@H](CCC(=O)O)NC(=O)CNC(=O)CBr)C1)Cn1c-3cc2c(c1=O)COC(=O)[C@@]2(C)O. The predicted octanol–water partition coefficient (Wildman–Crippen LogP) is 0.0863. The van der Waals surface area contributed by atoms with Crippen molar-refractivity contribution < 1.29 is 57.6 Å². The minimum absolute atomic E-state index is 0.0435.